The first-order valence-corrected chi connectivity index (χ1v) is 10.1. The van der Waals surface area contributed by atoms with Gasteiger partial charge in [-0.3, -0.25) is 5.41 Å². The third kappa shape index (κ3) is 6.34. The lowest BCUT2D eigenvalue weighted by Gasteiger charge is -2.25. The molecular formula is C23H30N4O2. The number of amidine groups is 1. The highest BCUT2D eigenvalue weighted by atomic mass is 16.5. The highest BCUT2D eigenvalue weighted by Gasteiger charge is 2.14. The minimum Gasteiger partial charge on any atom is -0.490 e. The second-order valence-electron chi connectivity index (χ2n) is 7.17. The fourth-order valence-corrected chi connectivity index (χ4v) is 3.41. The molecule has 1 heterocycles. The van der Waals surface area contributed by atoms with Crippen LogP contribution in [0.4, 0.5) is 5.69 Å². The van der Waals surface area contributed by atoms with Crippen LogP contribution in [0.3, 0.4) is 0 Å². The SMILES string of the molecule is N=C(N)c1cccc(/C=C/CN(CCO)c2ccc(OC3CCNCC3)cc2)c1. The summed E-state index contributed by atoms with van der Waals surface area (Å²) in [6, 6.07) is 15.7. The van der Waals surface area contributed by atoms with Gasteiger partial charge in [0.15, 0.2) is 0 Å². The van der Waals surface area contributed by atoms with Crippen molar-refractivity contribution in [2.75, 3.05) is 37.7 Å². The minimum absolute atomic E-state index is 0.0638. The number of piperidine rings is 1. The van der Waals surface area contributed by atoms with Crippen molar-refractivity contribution in [3.8, 4) is 5.75 Å². The summed E-state index contributed by atoms with van der Waals surface area (Å²) in [7, 11) is 0. The number of ether oxygens (including phenoxy) is 1. The van der Waals surface area contributed by atoms with E-state index in [0.29, 0.717) is 18.7 Å². The molecule has 0 saturated carbocycles. The molecule has 0 unspecified atom stereocenters. The molecule has 0 atom stereocenters. The van der Waals surface area contributed by atoms with Crippen LogP contribution in [0.2, 0.25) is 0 Å². The van der Waals surface area contributed by atoms with E-state index in [4.69, 9.17) is 15.9 Å². The highest BCUT2D eigenvalue weighted by Crippen LogP contribution is 2.22. The first-order valence-electron chi connectivity index (χ1n) is 10.1. The summed E-state index contributed by atoms with van der Waals surface area (Å²) < 4.78 is 6.07. The summed E-state index contributed by atoms with van der Waals surface area (Å²) in [6.07, 6.45) is 6.41. The zero-order valence-electron chi connectivity index (χ0n) is 16.7. The van der Waals surface area contributed by atoms with E-state index >= 15 is 0 Å². The summed E-state index contributed by atoms with van der Waals surface area (Å²) in [4.78, 5) is 2.11. The van der Waals surface area contributed by atoms with Gasteiger partial charge in [-0.15, -0.1) is 0 Å². The maximum atomic E-state index is 9.45. The molecule has 0 radical (unpaired) electrons. The number of nitrogens with one attached hydrogen (secondary N) is 2. The van der Waals surface area contributed by atoms with Crippen LogP contribution in [0, 0.1) is 5.41 Å². The summed E-state index contributed by atoms with van der Waals surface area (Å²) in [5, 5.41) is 20.3. The molecule has 1 saturated heterocycles. The van der Waals surface area contributed by atoms with E-state index in [-0.39, 0.29) is 18.5 Å². The maximum Gasteiger partial charge on any atom is 0.122 e. The second kappa shape index (κ2) is 10.6. The molecule has 154 valence electrons. The van der Waals surface area contributed by atoms with E-state index in [1.807, 2.05) is 60.7 Å². The Hall–Kier alpha value is -2.83. The van der Waals surface area contributed by atoms with Gasteiger partial charge in [0, 0.05) is 24.3 Å². The van der Waals surface area contributed by atoms with Gasteiger partial charge in [-0.25, -0.2) is 0 Å². The summed E-state index contributed by atoms with van der Waals surface area (Å²) in [5.41, 5.74) is 8.30. The van der Waals surface area contributed by atoms with Gasteiger partial charge in [0.05, 0.1) is 6.61 Å². The van der Waals surface area contributed by atoms with Gasteiger partial charge >= 0.3 is 0 Å². The lowest BCUT2D eigenvalue weighted by molar-refractivity contribution is 0.162. The largest absolute Gasteiger partial charge is 0.490 e. The zero-order valence-corrected chi connectivity index (χ0v) is 16.7. The molecule has 1 aliphatic rings. The topological polar surface area (TPSA) is 94.6 Å². The minimum atomic E-state index is 0.0638. The summed E-state index contributed by atoms with van der Waals surface area (Å²) in [5.74, 6) is 0.954. The molecule has 3 rings (SSSR count). The van der Waals surface area contributed by atoms with Crippen molar-refractivity contribution in [1.29, 1.82) is 5.41 Å². The number of nitrogens with two attached hydrogens (primary N) is 1. The van der Waals surface area contributed by atoms with Crippen LogP contribution in [0.25, 0.3) is 6.08 Å². The Morgan fingerprint density at radius 3 is 2.66 bits per heavy atom. The fourth-order valence-electron chi connectivity index (χ4n) is 3.41. The fraction of sp³-hybridized carbons (Fsp3) is 0.348. The number of hydrogen-bond donors (Lipinski definition) is 4. The van der Waals surface area contributed by atoms with Crippen LogP contribution in [0.15, 0.2) is 54.6 Å². The van der Waals surface area contributed by atoms with Gasteiger partial charge < -0.3 is 25.8 Å². The van der Waals surface area contributed by atoms with Crippen molar-refractivity contribution in [3.05, 3.63) is 65.7 Å². The Balaban J connectivity index is 1.61. The lowest BCUT2D eigenvalue weighted by Crippen LogP contribution is -2.34. The van der Waals surface area contributed by atoms with Crippen LogP contribution < -0.4 is 20.7 Å². The predicted octanol–water partition coefficient (Wildman–Crippen LogP) is 2.61. The number of rotatable bonds is 9. The molecule has 0 amide bonds. The molecule has 0 aliphatic carbocycles. The van der Waals surface area contributed by atoms with E-state index in [0.717, 1.165) is 42.9 Å². The van der Waals surface area contributed by atoms with E-state index in [1.54, 1.807) is 0 Å². The highest BCUT2D eigenvalue weighted by molar-refractivity contribution is 5.95. The first-order chi connectivity index (χ1) is 14.2. The van der Waals surface area contributed by atoms with Crippen molar-refractivity contribution >= 4 is 17.6 Å². The number of aliphatic hydroxyl groups excluding tert-OH is 1. The number of benzene rings is 2. The third-order valence-corrected chi connectivity index (χ3v) is 4.99. The van der Waals surface area contributed by atoms with Crippen LogP contribution in [-0.2, 0) is 0 Å². The van der Waals surface area contributed by atoms with E-state index in [9.17, 15) is 5.11 Å². The second-order valence-corrected chi connectivity index (χ2v) is 7.17. The van der Waals surface area contributed by atoms with Crippen LogP contribution >= 0.6 is 0 Å². The Labute approximate surface area is 172 Å². The van der Waals surface area contributed by atoms with E-state index in [2.05, 4.69) is 10.2 Å². The van der Waals surface area contributed by atoms with Gasteiger partial charge in [-0.1, -0.05) is 30.4 Å². The van der Waals surface area contributed by atoms with Crippen molar-refractivity contribution in [2.24, 2.45) is 5.73 Å². The Bertz CT molecular complexity index is 814. The van der Waals surface area contributed by atoms with Crippen LogP contribution in [-0.4, -0.2) is 49.8 Å². The normalized spacial score (nSPS) is 14.8. The van der Waals surface area contributed by atoms with Gasteiger partial charge in [0.2, 0.25) is 0 Å². The summed E-state index contributed by atoms with van der Waals surface area (Å²) in [6.45, 7) is 3.32. The first kappa shape index (κ1) is 20.9. The number of nitrogens with zero attached hydrogens (tertiary/aromatic N) is 1. The molecule has 1 aliphatic heterocycles. The van der Waals surface area contributed by atoms with Gasteiger partial charge in [-0.05, 0) is 61.8 Å². The number of hydrogen-bond acceptors (Lipinski definition) is 5. The predicted molar refractivity (Wildman–Crippen MR) is 119 cm³/mol. The lowest BCUT2D eigenvalue weighted by atomic mass is 10.1. The smallest absolute Gasteiger partial charge is 0.122 e. The number of aliphatic hydroxyl groups is 1. The van der Waals surface area contributed by atoms with Gasteiger partial charge in [0.25, 0.3) is 0 Å². The van der Waals surface area contributed by atoms with Crippen molar-refractivity contribution in [1.82, 2.24) is 5.32 Å². The Morgan fingerprint density at radius 2 is 1.97 bits per heavy atom. The average Bonchev–Trinajstić information content (AvgIpc) is 2.75. The molecular weight excluding hydrogens is 364 g/mol. The summed E-state index contributed by atoms with van der Waals surface area (Å²) >= 11 is 0. The molecule has 0 aromatic heterocycles. The van der Waals surface area contributed by atoms with Crippen LogP contribution in [0.5, 0.6) is 5.75 Å². The zero-order chi connectivity index (χ0) is 20.5. The number of nitrogen functional groups attached to an aromatic ring is 1. The molecule has 29 heavy (non-hydrogen) atoms. The molecule has 0 bridgehead atoms. The van der Waals surface area contributed by atoms with Gasteiger partial charge in [0.1, 0.15) is 17.7 Å². The molecule has 5 N–H and O–H groups in total. The molecule has 1 fully saturated rings. The third-order valence-electron chi connectivity index (χ3n) is 4.99. The van der Waals surface area contributed by atoms with E-state index < -0.39 is 0 Å². The quantitative estimate of drug-likeness (QED) is 0.387. The van der Waals surface area contributed by atoms with Crippen molar-refractivity contribution < 1.29 is 9.84 Å². The standard InChI is InChI=1S/C23H30N4O2/c24-23(25)19-5-1-3-18(17-19)4-2-14-27(15-16-28)20-6-8-21(9-7-20)29-22-10-12-26-13-11-22/h1-9,17,22,26,28H,10-16H2,(H3,24,25)/b4-2+. The molecule has 6 nitrogen and oxygen atoms in total. The Kier molecular flexibility index (Phi) is 7.67. The molecule has 2 aromatic rings. The monoisotopic (exact) mass is 394 g/mol. The van der Waals surface area contributed by atoms with E-state index in [1.165, 1.54) is 0 Å². The molecule has 2 aromatic carbocycles. The maximum absolute atomic E-state index is 9.45. The Morgan fingerprint density at radius 1 is 1.21 bits per heavy atom. The molecule has 0 spiro atoms. The number of anilines is 1. The van der Waals surface area contributed by atoms with Crippen LogP contribution in [0.1, 0.15) is 24.0 Å². The van der Waals surface area contributed by atoms with Gasteiger partial charge in [-0.2, -0.15) is 0 Å². The average molecular weight is 395 g/mol. The van der Waals surface area contributed by atoms with Crippen molar-refractivity contribution in [2.45, 2.75) is 18.9 Å². The van der Waals surface area contributed by atoms with Crippen molar-refractivity contribution in [3.63, 3.8) is 0 Å². The molecule has 6 heteroatoms.